The zero-order chi connectivity index (χ0) is 19.8. The van der Waals surface area contributed by atoms with E-state index in [1.54, 1.807) is 23.2 Å². The minimum absolute atomic E-state index is 0.136. The number of hydrogen-bond donors (Lipinski definition) is 1. The second-order valence-electron chi connectivity index (χ2n) is 6.10. The molecule has 4 aromatic rings. The van der Waals surface area contributed by atoms with Gasteiger partial charge in [0.25, 0.3) is 0 Å². The lowest BCUT2D eigenvalue weighted by atomic mass is 10.1. The fraction of sp³-hybridized carbons (Fsp3) is 0.0476. The highest BCUT2D eigenvalue weighted by Gasteiger charge is 2.21. The summed E-state index contributed by atoms with van der Waals surface area (Å²) in [5, 5.41) is 11.4. The summed E-state index contributed by atoms with van der Waals surface area (Å²) in [6, 6.07) is 20.4. The second-order valence-corrected chi connectivity index (χ2v) is 8.72. The van der Waals surface area contributed by atoms with E-state index < -0.39 is 11.0 Å². The van der Waals surface area contributed by atoms with E-state index in [1.165, 1.54) is 0 Å². The number of rotatable bonds is 4. The van der Waals surface area contributed by atoms with Gasteiger partial charge in [-0.2, -0.15) is 0 Å². The summed E-state index contributed by atoms with van der Waals surface area (Å²) in [5.41, 5.74) is 2.43. The van der Waals surface area contributed by atoms with E-state index in [9.17, 15) is 9.32 Å². The Balaban J connectivity index is 2.01. The van der Waals surface area contributed by atoms with Crippen molar-refractivity contribution in [2.45, 2.75) is 4.90 Å². The first-order valence-corrected chi connectivity index (χ1v) is 10.6. The van der Waals surface area contributed by atoms with E-state index >= 15 is 0 Å². The van der Waals surface area contributed by atoms with Crippen molar-refractivity contribution in [2.24, 2.45) is 0 Å². The van der Waals surface area contributed by atoms with Gasteiger partial charge in [-0.05, 0) is 42.0 Å². The molecular weight excluding hydrogens is 462 g/mol. The molecule has 1 unspecified atom stereocenters. The average Bonchev–Trinajstić information content (AvgIpc) is 3.09. The molecule has 0 amide bonds. The highest BCUT2D eigenvalue weighted by atomic mass is 79.9. The number of halogens is 2. The van der Waals surface area contributed by atoms with Crippen LogP contribution in [0.25, 0.3) is 22.2 Å². The summed E-state index contributed by atoms with van der Waals surface area (Å²) in [7, 11) is -0.124. The zero-order valence-electron chi connectivity index (χ0n) is 14.7. The van der Waals surface area contributed by atoms with Crippen LogP contribution >= 0.6 is 27.5 Å². The summed E-state index contributed by atoms with van der Waals surface area (Å²) < 4.78 is 21.3. The first-order valence-electron chi connectivity index (χ1n) is 8.35. The Morgan fingerprint density at radius 3 is 2.54 bits per heavy atom. The number of phenolic OH excluding ortho intramolecular Hbond substituents is 1. The van der Waals surface area contributed by atoms with Crippen molar-refractivity contribution in [2.75, 3.05) is 7.11 Å². The van der Waals surface area contributed by atoms with E-state index in [0.29, 0.717) is 10.2 Å². The van der Waals surface area contributed by atoms with E-state index in [-0.39, 0.29) is 15.7 Å². The molecule has 0 saturated carbocycles. The Morgan fingerprint density at radius 1 is 1.07 bits per heavy atom. The molecule has 7 heteroatoms. The highest BCUT2D eigenvalue weighted by molar-refractivity contribution is 9.10. The lowest BCUT2D eigenvalue weighted by Gasteiger charge is -2.13. The third-order valence-electron chi connectivity index (χ3n) is 4.38. The zero-order valence-corrected chi connectivity index (χ0v) is 17.9. The van der Waals surface area contributed by atoms with Gasteiger partial charge in [0.1, 0.15) is 10.6 Å². The van der Waals surface area contributed by atoms with E-state index in [2.05, 4.69) is 15.9 Å². The SMILES string of the molecule is COc1ccc2c(c1)cc(-c1ccccc1)n2S(=O)c1cc(Br)cc(Cl)c1O. The maximum atomic E-state index is 13.6. The lowest BCUT2D eigenvalue weighted by molar-refractivity contribution is 0.415. The van der Waals surface area contributed by atoms with Crippen molar-refractivity contribution < 1.29 is 14.1 Å². The monoisotopic (exact) mass is 475 g/mol. The first kappa shape index (κ1) is 19.1. The maximum absolute atomic E-state index is 13.6. The van der Waals surface area contributed by atoms with Gasteiger partial charge in [-0.3, -0.25) is 3.97 Å². The molecule has 1 heterocycles. The minimum Gasteiger partial charge on any atom is -0.505 e. The van der Waals surface area contributed by atoms with Crippen molar-refractivity contribution >= 4 is 49.4 Å². The minimum atomic E-state index is -1.73. The first-order chi connectivity index (χ1) is 13.5. The van der Waals surface area contributed by atoms with Gasteiger partial charge in [-0.15, -0.1) is 0 Å². The highest BCUT2D eigenvalue weighted by Crippen LogP contribution is 2.38. The van der Waals surface area contributed by atoms with Gasteiger partial charge in [0, 0.05) is 9.86 Å². The van der Waals surface area contributed by atoms with Gasteiger partial charge in [0.15, 0.2) is 16.7 Å². The summed E-state index contributed by atoms with van der Waals surface area (Å²) in [4.78, 5) is 0.227. The van der Waals surface area contributed by atoms with Crippen LogP contribution in [0.4, 0.5) is 0 Å². The second kappa shape index (κ2) is 7.62. The molecule has 28 heavy (non-hydrogen) atoms. The van der Waals surface area contributed by atoms with Crippen LogP contribution in [0.2, 0.25) is 5.02 Å². The van der Waals surface area contributed by atoms with Gasteiger partial charge >= 0.3 is 0 Å². The number of benzene rings is 3. The van der Waals surface area contributed by atoms with E-state index in [4.69, 9.17) is 16.3 Å². The van der Waals surface area contributed by atoms with Crippen LogP contribution in [0.1, 0.15) is 0 Å². The summed E-state index contributed by atoms with van der Waals surface area (Å²) in [6.07, 6.45) is 0. The lowest BCUT2D eigenvalue weighted by Crippen LogP contribution is -2.07. The van der Waals surface area contributed by atoms with Gasteiger partial charge in [-0.1, -0.05) is 57.9 Å². The molecule has 4 rings (SSSR count). The molecule has 4 nitrogen and oxygen atoms in total. The van der Waals surface area contributed by atoms with Crippen LogP contribution in [0.3, 0.4) is 0 Å². The van der Waals surface area contributed by atoms with Crippen molar-refractivity contribution in [3.63, 3.8) is 0 Å². The number of ether oxygens (including phenoxy) is 1. The number of hydrogen-bond acceptors (Lipinski definition) is 3. The quantitative estimate of drug-likeness (QED) is 0.392. The van der Waals surface area contributed by atoms with Crippen molar-refractivity contribution in [1.29, 1.82) is 0 Å². The molecule has 0 aliphatic carbocycles. The average molecular weight is 477 g/mol. The van der Waals surface area contributed by atoms with Crippen LogP contribution in [-0.4, -0.2) is 20.4 Å². The van der Waals surface area contributed by atoms with Gasteiger partial charge in [0.05, 0.1) is 23.3 Å². The van der Waals surface area contributed by atoms with Crippen molar-refractivity contribution in [1.82, 2.24) is 3.97 Å². The fourth-order valence-electron chi connectivity index (χ4n) is 3.06. The molecule has 1 aromatic heterocycles. The predicted molar refractivity (Wildman–Crippen MR) is 117 cm³/mol. The number of phenols is 1. The number of fused-ring (bicyclic) bond motifs is 1. The number of methoxy groups -OCH3 is 1. The topological polar surface area (TPSA) is 51.5 Å². The third-order valence-corrected chi connectivity index (χ3v) is 6.54. The molecule has 0 saturated heterocycles. The van der Waals surface area contributed by atoms with Crippen LogP contribution < -0.4 is 4.74 Å². The maximum Gasteiger partial charge on any atom is 0.161 e. The third kappa shape index (κ3) is 3.32. The molecular formula is C21H15BrClNO3S. The van der Waals surface area contributed by atoms with E-state index in [0.717, 1.165) is 22.2 Å². The number of aromatic hydroxyl groups is 1. The van der Waals surface area contributed by atoms with Gasteiger partial charge in [-0.25, -0.2) is 4.21 Å². The molecule has 0 bridgehead atoms. The largest absolute Gasteiger partial charge is 0.505 e. The molecule has 1 N–H and O–H groups in total. The van der Waals surface area contributed by atoms with Crippen molar-refractivity contribution in [3.8, 4) is 22.8 Å². The summed E-state index contributed by atoms with van der Waals surface area (Å²) >= 11 is 9.45. The predicted octanol–water partition coefficient (Wildman–Crippen LogP) is 6.01. The Bertz CT molecular complexity index is 1210. The van der Waals surface area contributed by atoms with Crippen LogP contribution in [0.15, 0.2) is 76.1 Å². The van der Waals surface area contributed by atoms with E-state index in [1.807, 2.05) is 54.6 Å². The molecule has 0 radical (unpaired) electrons. The standard InChI is InChI=1S/C21H15BrClNO3S/c1-27-16-7-8-18-14(9-16)10-19(13-5-3-2-4-6-13)24(18)28(26)20-12-15(22)11-17(23)21(20)25/h2-12,25H,1H3. The number of nitrogens with zero attached hydrogens (tertiary/aromatic N) is 1. The normalized spacial score (nSPS) is 12.2. The van der Waals surface area contributed by atoms with Gasteiger partial charge in [0.2, 0.25) is 0 Å². The Hall–Kier alpha value is -2.28. The molecule has 142 valence electrons. The number of aromatic nitrogens is 1. The smallest absolute Gasteiger partial charge is 0.161 e. The molecule has 0 fully saturated rings. The molecule has 0 spiro atoms. The molecule has 3 aromatic carbocycles. The van der Waals surface area contributed by atoms with Crippen LogP contribution in [0, 0.1) is 0 Å². The molecule has 0 aliphatic rings. The summed E-state index contributed by atoms with van der Waals surface area (Å²) in [5.74, 6) is 0.515. The van der Waals surface area contributed by atoms with Crippen LogP contribution in [0.5, 0.6) is 11.5 Å². The molecule has 1 atom stereocenters. The summed E-state index contributed by atoms with van der Waals surface area (Å²) in [6.45, 7) is 0. The van der Waals surface area contributed by atoms with Crippen molar-refractivity contribution in [3.05, 3.63) is 76.2 Å². The molecule has 0 aliphatic heterocycles. The Labute approximate surface area is 178 Å². The Kier molecular flexibility index (Phi) is 5.19. The fourth-order valence-corrected chi connectivity index (χ4v) is 5.46. The Morgan fingerprint density at radius 2 is 1.82 bits per heavy atom. The van der Waals surface area contributed by atoms with Gasteiger partial charge < -0.3 is 9.84 Å². The van der Waals surface area contributed by atoms with Crippen LogP contribution in [-0.2, 0) is 11.0 Å².